The van der Waals surface area contributed by atoms with Crippen LogP contribution in [0.15, 0.2) is 0 Å². The topological polar surface area (TPSA) is 70.0 Å². The van der Waals surface area contributed by atoms with Crippen LogP contribution >= 0.6 is 7.82 Å². The maximum Gasteiger partial charge on any atom is 0.469 e. The molecule has 0 radical (unpaired) electrons. The lowest BCUT2D eigenvalue weighted by atomic mass is 10.2. The van der Waals surface area contributed by atoms with Crippen LogP contribution in [0.25, 0.3) is 0 Å². The zero-order chi connectivity index (χ0) is 17.3. The molecule has 0 atom stereocenters. The Balaban J connectivity index is 0. The Labute approximate surface area is 137 Å². The van der Waals surface area contributed by atoms with E-state index in [2.05, 4.69) is 30.2 Å². The fraction of sp³-hybridized carbons (Fsp3) is 1.00. The summed E-state index contributed by atoms with van der Waals surface area (Å²) in [5.41, 5.74) is 0. The number of rotatable bonds is 13. The van der Waals surface area contributed by atoms with Crippen LogP contribution in [-0.2, 0) is 9.09 Å². The van der Waals surface area contributed by atoms with Gasteiger partial charge in [-0.05, 0) is 45.3 Å². The smallest absolute Gasteiger partial charge is 0.303 e. The molecule has 136 valence electrons. The molecule has 0 fully saturated rings. The lowest BCUT2D eigenvalue weighted by Gasteiger charge is -2.21. The molecule has 22 heavy (non-hydrogen) atoms. The van der Waals surface area contributed by atoms with Crippen LogP contribution in [0.1, 0.15) is 79.1 Å². The standard InChI is InChI=1S/C12H27N.C4H11O4P/c1-4-7-10-13(11-8-5-2)12-9-6-3;1-2-3-4-8-9(5,6)7/h4-12H2,1-3H3;2-4H2,1H3,(H2,5,6,7). The highest BCUT2D eigenvalue weighted by Crippen LogP contribution is 2.35. The van der Waals surface area contributed by atoms with Crippen molar-refractivity contribution in [2.24, 2.45) is 0 Å². The third-order valence-corrected chi connectivity index (χ3v) is 3.76. The first-order valence-corrected chi connectivity index (χ1v) is 10.4. The molecule has 0 bridgehead atoms. The molecule has 0 aromatic heterocycles. The van der Waals surface area contributed by atoms with Crippen LogP contribution in [0.4, 0.5) is 0 Å². The molecular formula is C16H38NO4P. The van der Waals surface area contributed by atoms with Crippen molar-refractivity contribution in [1.29, 1.82) is 0 Å². The van der Waals surface area contributed by atoms with Crippen molar-refractivity contribution in [3.05, 3.63) is 0 Å². The van der Waals surface area contributed by atoms with Gasteiger partial charge in [0.15, 0.2) is 0 Å². The summed E-state index contributed by atoms with van der Waals surface area (Å²) in [6, 6.07) is 0. The first-order chi connectivity index (χ1) is 10.4. The van der Waals surface area contributed by atoms with Crippen molar-refractivity contribution >= 4 is 7.82 Å². The number of hydrogen-bond donors (Lipinski definition) is 2. The van der Waals surface area contributed by atoms with Crippen molar-refractivity contribution in [2.45, 2.75) is 79.1 Å². The van der Waals surface area contributed by atoms with Gasteiger partial charge in [0, 0.05) is 0 Å². The summed E-state index contributed by atoms with van der Waals surface area (Å²) in [6.07, 6.45) is 9.65. The fourth-order valence-electron chi connectivity index (χ4n) is 1.81. The maximum absolute atomic E-state index is 9.98. The summed E-state index contributed by atoms with van der Waals surface area (Å²) >= 11 is 0. The van der Waals surface area contributed by atoms with Gasteiger partial charge < -0.3 is 14.7 Å². The minimum Gasteiger partial charge on any atom is -0.303 e. The molecule has 5 nitrogen and oxygen atoms in total. The summed E-state index contributed by atoms with van der Waals surface area (Å²) in [5.74, 6) is 0. The van der Waals surface area contributed by atoms with Gasteiger partial charge in [-0.1, -0.05) is 53.4 Å². The number of phosphoric acid groups is 1. The van der Waals surface area contributed by atoms with Crippen LogP contribution in [0.3, 0.4) is 0 Å². The average molecular weight is 339 g/mol. The van der Waals surface area contributed by atoms with Gasteiger partial charge in [-0.3, -0.25) is 4.52 Å². The molecule has 0 saturated heterocycles. The molecule has 6 heteroatoms. The predicted octanol–water partition coefficient (Wildman–Crippen LogP) is 4.58. The molecule has 0 spiro atoms. The third-order valence-electron chi connectivity index (χ3n) is 3.24. The van der Waals surface area contributed by atoms with E-state index in [4.69, 9.17) is 9.79 Å². The molecule has 0 aromatic carbocycles. The molecule has 0 aromatic rings. The molecule has 0 aliphatic carbocycles. The molecule has 0 heterocycles. The van der Waals surface area contributed by atoms with Crippen LogP contribution in [-0.4, -0.2) is 40.9 Å². The normalized spacial score (nSPS) is 11.4. The quantitative estimate of drug-likeness (QED) is 0.379. The molecule has 0 aliphatic rings. The zero-order valence-corrected chi connectivity index (χ0v) is 16.0. The Morgan fingerprint density at radius 3 is 1.41 bits per heavy atom. The molecule has 0 rings (SSSR count). The van der Waals surface area contributed by atoms with E-state index in [1.54, 1.807) is 0 Å². The predicted molar refractivity (Wildman–Crippen MR) is 94.1 cm³/mol. The maximum atomic E-state index is 9.98. The largest absolute Gasteiger partial charge is 0.469 e. The van der Waals surface area contributed by atoms with E-state index >= 15 is 0 Å². The monoisotopic (exact) mass is 339 g/mol. The van der Waals surface area contributed by atoms with E-state index in [1.807, 2.05) is 6.92 Å². The van der Waals surface area contributed by atoms with E-state index in [-0.39, 0.29) is 6.61 Å². The molecule has 0 aliphatic heterocycles. The second kappa shape index (κ2) is 17.4. The number of hydrogen-bond acceptors (Lipinski definition) is 3. The summed E-state index contributed by atoms with van der Waals surface area (Å²) in [7, 11) is -4.20. The third kappa shape index (κ3) is 22.4. The van der Waals surface area contributed by atoms with Gasteiger partial charge in [0.2, 0.25) is 0 Å². The van der Waals surface area contributed by atoms with Gasteiger partial charge in [-0.2, -0.15) is 0 Å². The van der Waals surface area contributed by atoms with Gasteiger partial charge in [0.25, 0.3) is 0 Å². The SMILES string of the molecule is CCCCN(CCCC)CCCC.CCCCOP(=O)(O)O. The Hall–Kier alpha value is 0.0700. The Bertz CT molecular complexity index is 240. The van der Waals surface area contributed by atoms with E-state index in [0.717, 1.165) is 6.42 Å². The highest BCUT2D eigenvalue weighted by Gasteiger charge is 2.11. The van der Waals surface area contributed by atoms with Crippen molar-refractivity contribution in [3.63, 3.8) is 0 Å². The molecule has 0 saturated carbocycles. The summed E-state index contributed by atoms with van der Waals surface area (Å²) in [6.45, 7) is 12.8. The fourth-order valence-corrected chi connectivity index (χ4v) is 2.18. The van der Waals surface area contributed by atoms with E-state index < -0.39 is 7.82 Å². The van der Waals surface area contributed by atoms with Crippen molar-refractivity contribution < 1.29 is 18.9 Å². The van der Waals surface area contributed by atoms with Crippen LogP contribution in [0.2, 0.25) is 0 Å². The molecular weight excluding hydrogens is 301 g/mol. The minimum atomic E-state index is -4.20. The summed E-state index contributed by atoms with van der Waals surface area (Å²) in [4.78, 5) is 18.9. The van der Waals surface area contributed by atoms with Gasteiger partial charge in [0.1, 0.15) is 0 Å². The second-order valence-corrected chi connectivity index (χ2v) is 6.82. The lowest BCUT2D eigenvalue weighted by Crippen LogP contribution is -2.27. The van der Waals surface area contributed by atoms with Crippen molar-refractivity contribution in [3.8, 4) is 0 Å². The van der Waals surface area contributed by atoms with Crippen molar-refractivity contribution in [2.75, 3.05) is 26.2 Å². The zero-order valence-electron chi connectivity index (χ0n) is 15.1. The minimum absolute atomic E-state index is 0.140. The highest BCUT2D eigenvalue weighted by atomic mass is 31.2. The Kier molecular flexibility index (Phi) is 19.3. The summed E-state index contributed by atoms with van der Waals surface area (Å²) < 4.78 is 14.1. The molecule has 2 N–H and O–H groups in total. The van der Waals surface area contributed by atoms with Gasteiger partial charge in [-0.15, -0.1) is 0 Å². The Morgan fingerprint density at radius 2 is 1.14 bits per heavy atom. The highest BCUT2D eigenvalue weighted by molar-refractivity contribution is 7.46. The van der Waals surface area contributed by atoms with Gasteiger partial charge >= 0.3 is 7.82 Å². The van der Waals surface area contributed by atoms with Gasteiger partial charge in [-0.25, -0.2) is 4.57 Å². The van der Waals surface area contributed by atoms with E-state index in [1.165, 1.54) is 58.2 Å². The second-order valence-electron chi connectivity index (χ2n) is 5.58. The van der Waals surface area contributed by atoms with Crippen LogP contribution in [0, 0.1) is 0 Å². The lowest BCUT2D eigenvalue weighted by molar-refractivity contribution is 0.194. The van der Waals surface area contributed by atoms with Crippen LogP contribution in [0.5, 0.6) is 0 Å². The van der Waals surface area contributed by atoms with Crippen LogP contribution < -0.4 is 0 Å². The summed E-state index contributed by atoms with van der Waals surface area (Å²) in [5, 5.41) is 0. The number of phosphoric ester groups is 1. The molecule has 0 unspecified atom stereocenters. The molecule has 0 amide bonds. The van der Waals surface area contributed by atoms with Crippen molar-refractivity contribution in [1.82, 2.24) is 4.90 Å². The average Bonchev–Trinajstić information content (AvgIpc) is 2.46. The van der Waals surface area contributed by atoms with E-state index in [9.17, 15) is 4.57 Å². The Morgan fingerprint density at radius 1 is 0.773 bits per heavy atom. The van der Waals surface area contributed by atoms with E-state index in [0.29, 0.717) is 6.42 Å². The first-order valence-electron chi connectivity index (χ1n) is 8.83. The van der Waals surface area contributed by atoms with Gasteiger partial charge in [0.05, 0.1) is 6.61 Å². The number of unbranched alkanes of at least 4 members (excludes halogenated alkanes) is 4. The first kappa shape index (κ1) is 24.3. The number of nitrogens with zero attached hydrogens (tertiary/aromatic N) is 1.